The first-order valence-electron chi connectivity index (χ1n) is 5.53. The van der Waals surface area contributed by atoms with E-state index < -0.39 is 0 Å². The molecule has 2 rings (SSSR count). The normalized spacial score (nSPS) is 17.9. The monoisotopic (exact) mass is 224 g/mol. The number of benzene rings is 1. The van der Waals surface area contributed by atoms with Crippen molar-refractivity contribution in [3.05, 3.63) is 35.4 Å². The van der Waals surface area contributed by atoms with Gasteiger partial charge in [0.25, 0.3) is 0 Å². The lowest BCUT2D eigenvalue weighted by Crippen LogP contribution is -2.26. The van der Waals surface area contributed by atoms with Crippen molar-refractivity contribution in [2.24, 2.45) is 0 Å². The summed E-state index contributed by atoms with van der Waals surface area (Å²) in [4.78, 5) is 2.67. The number of nitrogens with one attached hydrogen (secondary N) is 2. The third-order valence-corrected chi connectivity index (χ3v) is 3.17. The smallest absolute Gasteiger partial charge is 0.0359 e. The molecule has 0 radical (unpaired) electrons. The van der Waals surface area contributed by atoms with Crippen LogP contribution < -0.4 is 10.2 Å². The van der Waals surface area contributed by atoms with Crippen molar-refractivity contribution >= 4 is 11.8 Å². The van der Waals surface area contributed by atoms with Crippen LogP contribution in [-0.4, -0.2) is 13.1 Å². The lowest BCUT2D eigenvalue weighted by atomic mass is 9.89. The lowest BCUT2D eigenvalue weighted by molar-refractivity contribution is 0.460. The van der Waals surface area contributed by atoms with Crippen molar-refractivity contribution in [3.8, 4) is 0 Å². The average molecular weight is 225 g/mol. The fourth-order valence-electron chi connectivity index (χ4n) is 2.19. The predicted octanol–water partition coefficient (Wildman–Crippen LogP) is 2.40. The first-order chi connectivity index (χ1) is 7.40. The summed E-state index contributed by atoms with van der Waals surface area (Å²) in [6, 6.07) is 8.74. The Morgan fingerprint density at radius 3 is 2.87 bits per heavy atom. The molecule has 0 amide bonds. The van der Waals surface area contributed by atoms with Crippen molar-refractivity contribution in [2.75, 3.05) is 13.1 Å². The first kappa shape index (κ1) is 10.9. The van der Waals surface area contributed by atoms with E-state index in [0.717, 1.165) is 25.6 Å². The number of hydrogen-bond donors (Lipinski definition) is 2. The van der Waals surface area contributed by atoms with Crippen molar-refractivity contribution in [3.63, 3.8) is 0 Å². The maximum absolute atomic E-state index is 5.51. The highest BCUT2D eigenvalue weighted by molar-refractivity contribution is 6.13. The molecule has 1 fully saturated rings. The van der Waals surface area contributed by atoms with E-state index in [2.05, 4.69) is 34.4 Å². The summed E-state index contributed by atoms with van der Waals surface area (Å²) in [5.41, 5.74) is 2.72. The van der Waals surface area contributed by atoms with Gasteiger partial charge in [0.15, 0.2) is 0 Å². The van der Waals surface area contributed by atoms with Crippen LogP contribution in [0.3, 0.4) is 0 Å². The standard InChI is InChI=1S/C12H17ClN2/c13-15-9-10-2-1-3-12(8-10)11-4-6-14-7-5-11/h1-3,8,11,14-15H,4-7,9H2. The van der Waals surface area contributed by atoms with Gasteiger partial charge in [-0.2, -0.15) is 0 Å². The third-order valence-electron chi connectivity index (χ3n) is 3.03. The van der Waals surface area contributed by atoms with Gasteiger partial charge in [0.05, 0.1) is 0 Å². The molecule has 2 N–H and O–H groups in total. The van der Waals surface area contributed by atoms with E-state index in [4.69, 9.17) is 11.8 Å². The third kappa shape index (κ3) is 2.94. The minimum absolute atomic E-state index is 0.724. The molecule has 0 atom stereocenters. The Balaban J connectivity index is 2.09. The van der Waals surface area contributed by atoms with Crippen molar-refractivity contribution in [2.45, 2.75) is 25.3 Å². The molecular formula is C12H17ClN2. The van der Waals surface area contributed by atoms with Gasteiger partial charge in [-0.05, 0) is 54.8 Å². The van der Waals surface area contributed by atoms with E-state index in [1.807, 2.05) is 0 Å². The summed E-state index contributed by atoms with van der Waals surface area (Å²) in [5, 5.41) is 3.39. The Bertz CT molecular complexity index is 308. The summed E-state index contributed by atoms with van der Waals surface area (Å²) >= 11 is 5.51. The van der Waals surface area contributed by atoms with Crippen molar-refractivity contribution in [1.29, 1.82) is 0 Å². The van der Waals surface area contributed by atoms with Gasteiger partial charge in [-0.25, -0.2) is 4.84 Å². The van der Waals surface area contributed by atoms with Crippen LogP contribution in [0.4, 0.5) is 0 Å². The molecule has 15 heavy (non-hydrogen) atoms. The SMILES string of the molecule is ClNCc1cccc(C2CCNCC2)c1. The highest BCUT2D eigenvalue weighted by Gasteiger charge is 2.14. The van der Waals surface area contributed by atoms with Crippen LogP contribution in [0.1, 0.15) is 29.9 Å². The van der Waals surface area contributed by atoms with Crippen LogP contribution in [-0.2, 0) is 6.54 Å². The van der Waals surface area contributed by atoms with Gasteiger partial charge < -0.3 is 5.32 Å². The summed E-state index contributed by atoms with van der Waals surface area (Å²) in [6.07, 6.45) is 2.50. The number of halogens is 1. The fraction of sp³-hybridized carbons (Fsp3) is 0.500. The van der Waals surface area contributed by atoms with Crippen LogP contribution >= 0.6 is 11.8 Å². The summed E-state index contributed by atoms with van der Waals surface area (Å²) < 4.78 is 0. The highest BCUT2D eigenvalue weighted by Crippen LogP contribution is 2.25. The summed E-state index contributed by atoms with van der Waals surface area (Å²) in [7, 11) is 0. The van der Waals surface area contributed by atoms with Crippen LogP contribution in [0.5, 0.6) is 0 Å². The van der Waals surface area contributed by atoms with Gasteiger partial charge in [-0.15, -0.1) is 0 Å². The fourth-order valence-corrected chi connectivity index (χ4v) is 2.34. The number of hydrogen-bond acceptors (Lipinski definition) is 2. The Kier molecular flexibility index (Phi) is 4.01. The second-order valence-corrected chi connectivity index (χ2v) is 4.35. The van der Waals surface area contributed by atoms with E-state index >= 15 is 0 Å². The maximum Gasteiger partial charge on any atom is 0.0359 e. The highest BCUT2D eigenvalue weighted by atomic mass is 35.5. The summed E-state index contributed by atoms with van der Waals surface area (Å²) in [6.45, 7) is 3.02. The topological polar surface area (TPSA) is 24.1 Å². The Labute approximate surface area is 96.1 Å². The maximum atomic E-state index is 5.51. The van der Waals surface area contributed by atoms with Gasteiger partial charge in [-0.1, -0.05) is 24.3 Å². The zero-order chi connectivity index (χ0) is 10.5. The van der Waals surface area contributed by atoms with E-state index in [1.165, 1.54) is 24.0 Å². The Hall–Kier alpha value is -0.570. The van der Waals surface area contributed by atoms with E-state index in [1.54, 1.807) is 0 Å². The van der Waals surface area contributed by atoms with E-state index in [9.17, 15) is 0 Å². The molecule has 1 aliphatic heterocycles. The van der Waals surface area contributed by atoms with Gasteiger partial charge in [-0.3, -0.25) is 0 Å². The molecule has 1 heterocycles. The molecule has 0 aliphatic carbocycles. The first-order valence-corrected chi connectivity index (χ1v) is 5.91. The molecule has 0 spiro atoms. The Morgan fingerprint density at radius 2 is 2.13 bits per heavy atom. The second kappa shape index (κ2) is 5.50. The van der Waals surface area contributed by atoms with Crippen molar-refractivity contribution < 1.29 is 0 Å². The van der Waals surface area contributed by atoms with Crippen LogP contribution in [0.25, 0.3) is 0 Å². The molecule has 0 saturated carbocycles. The molecule has 0 unspecified atom stereocenters. The number of rotatable bonds is 3. The van der Waals surface area contributed by atoms with Crippen LogP contribution in [0, 0.1) is 0 Å². The zero-order valence-electron chi connectivity index (χ0n) is 8.80. The van der Waals surface area contributed by atoms with Gasteiger partial charge in [0, 0.05) is 6.54 Å². The minimum Gasteiger partial charge on any atom is -0.317 e. The quantitative estimate of drug-likeness (QED) is 0.771. The zero-order valence-corrected chi connectivity index (χ0v) is 9.56. The van der Waals surface area contributed by atoms with Gasteiger partial charge in [0.1, 0.15) is 0 Å². The van der Waals surface area contributed by atoms with E-state index in [0.29, 0.717) is 0 Å². The van der Waals surface area contributed by atoms with Crippen LogP contribution in [0.2, 0.25) is 0 Å². The molecule has 1 aromatic rings. The Morgan fingerprint density at radius 1 is 1.33 bits per heavy atom. The van der Waals surface area contributed by atoms with Gasteiger partial charge >= 0.3 is 0 Å². The van der Waals surface area contributed by atoms with Gasteiger partial charge in [0.2, 0.25) is 0 Å². The molecule has 1 aliphatic rings. The van der Waals surface area contributed by atoms with Crippen molar-refractivity contribution in [1.82, 2.24) is 10.2 Å². The molecule has 1 aromatic carbocycles. The molecule has 0 bridgehead atoms. The minimum atomic E-state index is 0.724. The molecule has 3 heteroatoms. The number of piperidine rings is 1. The predicted molar refractivity (Wildman–Crippen MR) is 64.0 cm³/mol. The lowest BCUT2D eigenvalue weighted by Gasteiger charge is -2.23. The largest absolute Gasteiger partial charge is 0.317 e. The summed E-state index contributed by atoms with van der Waals surface area (Å²) in [5.74, 6) is 0.724. The molecule has 2 nitrogen and oxygen atoms in total. The molecule has 1 saturated heterocycles. The van der Waals surface area contributed by atoms with Crippen LogP contribution in [0.15, 0.2) is 24.3 Å². The average Bonchev–Trinajstić information content (AvgIpc) is 2.31. The molecule has 82 valence electrons. The molecular weight excluding hydrogens is 208 g/mol. The van der Waals surface area contributed by atoms with E-state index in [-0.39, 0.29) is 0 Å². The molecule has 0 aromatic heterocycles. The second-order valence-electron chi connectivity index (χ2n) is 4.08.